The summed E-state index contributed by atoms with van der Waals surface area (Å²) in [5.74, 6) is 1.76. The Hall–Kier alpha value is -1.66. The van der Waals surface area contributed by atoms with E-state index >= 15 is 0 Å². The van der Waals surface area contributed by atoms with E-state index < -0.39 is 9.73 Å². The molecule has 1 aliphatic rings. The van der Waals surface area contributed by atoms with Crippen LogP contribution in [0.1, 0.15) is 5.56 Å². The lowest BCUT2D eigenvalue weighted by Gasteiger charge is -2.28. The maximum absolute atomic E-state index is 11.7. The van der Waals surface area contributed by atoms with Crippen molar-refractivity contribution in [3.8, 4) is 5.75 Å². The van der Waals surface area contributed by atoms with E-state index in [1.807, 2.05) is 30.5 Å². The highest BCUT2D eigenvalue weighted by atomic mass is 32.2. The van der Waals surface area contributed by atoms with E-state index in [0.29, 0.717) is 11.5 Å². The highest BCUT2D eigenvalue weighted by Crippen LogP contribution is 2.23. The molecule has 0 amide bonds. The molecule has 0 atom stereocenters. The molecule has 1 N–H and O–H groups in total. The lowest BCUT2D eigenvalue weighted by molar-refractivity contribution is 0.291. The van der Waals surface area contributed by atoms with Crippen LogP contribution in [-0.4, -0.2) is 45.8 Å². The second kappa shape index (κ2) is 5.61. The molecular formula is C15H19N3O2S. The zero-order valence-electron chi connectivity index (χ0n) is 12.0. The van der Waals surface area contributed by atoms with E-state index in [9.17, 15) is 4.21 Å². The number of ether oxygens (including phenoxy) is 1. The number of hydrogen-bond donors (Lipinski definition) is 1. The van der Waals surface area contributed by atoms with E-state index in [2.05, 4.69) is 9.88 Å². The van der Waals surface area contributed by atoms with Gasteiger partial charge in [0.25, 0.3) is 0 Å². The predicted molar refractivity (Wildman–Crippen MR) is 84.2 cm³/mol. The monoisotopic (exact) mass is 305 g/mol. The SMILES string of the molecule is COc1ccc2c(CN3CCS(=N)(=O)CC3)ccnc2c1. The second-order valence-electron chi connectivity index (χ2n) is 5.35. The van der Waals surface area contributed by atoms with E-state index in [-0.39, 0.29) is 0 Å². The number of fused-ring (bicyclic) bond motifs is 1. The van der Waals surface area contributed by atoms with Crippen LogP contribution in [0, 0.1) is 4.78 Å². The van der Waals surface area contributed by atoms with Gasteiger partial charge < -0.3 is 4.74 Å². The van der Waals surface area contributed by atoms with Gasteiger partial charge in [-0.05, 0) is 23.8 Å². The number of hydrogen-bond acceptors (Lipinski definition) is 5. The second-order valence-corrected chi connectivity index (χ2v) is 7.79. The molecule has 0 radical (unpaired) electrons. The Balaban J connectivity index is 1.84. The molecule has 1 saturated heterocycles. The van der Waals surface area contributed by atoms with Gasteiger partial charge in [0, 0.05) is 58.5 Å². The maximum Gasteiger partial charge on any atom is 0.121 e. The fraction of sp³-hybridized carbons (Fsp3) is 0.400. The predicted octanol–water partition coefficient (Wildman–Crippen LogP) is 2.11. The fourth-order valence-electron chi connectivity index (χ4n) is 2.62. The Bertz CT molecular complexity index is 745. The summed E-state index contributed by atoms with van der Waals surface area (Å²) in [6.07, 6.45) is 1.81. The summed E-state index contributed by atoms with van der Waals surface area (Å²) in [6, 6.07) is 7.95. The van der Waals surface area contributed by atoms with Crippen molar-refractivity contribution in [3.05, 3.63) is 36.0 Å². The van der Waals surface area contributed by atoms with Gasteiger partial charge in [-0.15, -0.1) is 0 Å². The van der Waals surface area contributed by atoms with E-state index in [1.54, 1.807) is 7.11 Å². The van der Waals surface area contributed by atoms with Gasteiger partial charge in [-0.3, -0.25) is 14.7 Å². The van der Waals surface area contributed by atoms with Crippen molar-refractivity contribution in [2.45, 2.75) is 6.54 Å². The molecule has 3 rings (SSSR count). The van der Waals surface area contributed by atoms with Crippen molar-refractivity contribution < 1.29 is 8.95 Å². The summed E-state index contributed by atoms with van der Waals surface area (Å²) >= 11 is 0. The van der Waals surface area contributed by atoms with Crippen LogP contribution in [0.25, 0.3) is 10.9 Å². The molecule has 1 aromatic heterocycles. The molecule has 0 aliphatic carbocycles. The van der Waals surface area contributed by atoms with Crippen LogP contribution in [0.5, 0.6) is 5.75 Å². The number of aromatic nitrogens is 1. The zero-order valence-corrected chi connectivity index (χ0v) is 12.9. The average Bonchev–Trinajstić information content (AvgIpc) is 2.49. The minimum Gasteiger partial charge on any atom is -0.497 e. The van der Waals surface area contributed by atoms with E-state index in [4.69, 9.17) is 9.52 Å². The van der Waals surface area contributed by atoms with Crippen molar-refractivity contribution in [2.24, 2.45) is 0 Å². The van der Waals surface area contributed by atoms with Crippen LogP contribution < -0.4 is 4.74 Å². The topological polar surface area (TPSA) is 66.3 Å². The average molecular weight is 305 g/mol. The first kappa shape index (κ1) is 14.3. The van der Waals surface area contributed by atoms with Crippen LogP contribution in [0.4, 0.5) is 0 Å². The third-order valence-electron chi connectivity index (χ3n) is 3.91. The summed E-state index contributed by atoms with van der Waals surface area (Å²) in [5.41, 5.74) is 2.13. The van der Waals surface area contributed by atoms with Gasteiger partial charge in [0.15, 0.2) is 0 Å². The van der Waals surface area contributed by atoms with Crippen LogP contribution >= 0.6 is 0 Å². The number of rotatable bonds is 3. The molecule has 0 spiro atoms. The van der Waals surface area contributed by atoms with E-state index in [1.165, 1.54) is 5.56 Å². The first-order valence-corrected chi connectivity index (χ1v) is 8.85. The van der Waals surface area contributed by atoms with Crippen LogP contribution in [0.15, 0.2) is 30.5 Å². The molecule has 6 heteroatoms. The summed E-state index contributed by atoms with van der Waals surface area (Å²) in [4.78, 5) is 6.65. The minimum atomic E-state index is -2.33. The first-order valence-electron chi connectivity index (χ1n) is 6.95. The van der Waals surface area contributed by atoms with E-state index in [0.717, 1.165) is 36.3 Å². The van der Waals surface area contributed by atoms with Gasteiger partial charge >= 0.3 is 0 Å². The molecule has 0 bridgehead atoms. The van der Waals surface area contributed by atoms with Gasteiger partial charge in [-0.25, -0.2) is 4.21 Å². The molecule has 112 valence electrons. The molecule has 2 heterocycles. The fourth-order valence-corrected chi connectivity index (χ4v) is 3.93. The van der Waals surface area contributed by atoms with Crippen molar-refractivity contribution in [2.75, 3.05) is 31.7 Å². The van der Waals surface area contributed by atoms with Crippen LogP contribution in [0.2, 0.25) is 0 Å². The molecule has 0 saturated carbocycles. The first-order chi connectivity index (χ1) is 10.1. The molecule has 0 unspecified atom stereocenters. The highest BCUT2D eigenvalue weighted by molar-refractivity contribution is 7.92. The van der Waals surface area contributed by atoms with Crippen LogP contribution in [0.3, 0.4) is 0 Å². The maximum atomic E-state index is 11.7. The lowest BCUT2D eigenvalue weighted by Crippen LogP contribution is -2.39. The van der Waals surface area contributed by atoms with Crippen LogP contribution in [-0.2, 0) is 16.3 Å². The third kappa shape index (κ3) is 3.16. The van der Waals surface area contributed by atoms with Gasteiger partial charge in [0.1, 0.15) is 5.75 Å². The molecule has 5 nitrogen and oxygen atoms in total. The van der Waals surface area contributed by atoms with Crippen molar-refractivity contribution >= 4 is 20.6 Å². The van der Waals surface area contributed by atoms with Gasteiger partial charge in [0.2, 0.25) is 0 Å². The molecule has 1 fully saturated rings. The minimum absolute atomic E-state index is 0.476. The number of benzene rings is 1. The largest absolute Gasteiger partial charge is 0.497 e. The normalized spacial score (nSPS) is 18.7. The Morgan fingerprint density at radius 3 is 2.81 bits per heavy atom. The standard InChI is InChI=1S/C15H19N3O2S/c1-20-13-2-3-14-12(4-5-17-15(14)10-13)11-18-6-8-21(16,19)9-7-18/h2-5,10,16H,6-9,11H2,1H3. The summed E-state index contributed by atoms with van der Waals surface area (Å²) < 4.78 is 24.6. The van der Waals surface area contributed by atoms with Gasteiger partial charge in [0.05, 0.1) is 12.6 Å². The van der Waals surface area contributed by atoms with Crippen molar-refractivity contribution in [1.29, 1.82) is 4.78 Å². The summed E-state index contributed by atoms with van der Waals surface area (Å²) in [6.45, 7) is 2.26. The lowest BCUT2D eigenvalue weighted by atomic mass is 10.1. The summed E-state index contributed by atoms with van der Waals surface area (Å²) in [7, 11) is -0.680. The Labute approximate surface area is 124 Å². The van der Waals surface area contributed by atoms with Crippen molar-refractivity contribution in [1.82, 2.24) is 9.88 Å². The molecule has 2 aromatic rings. The third-order valence-corrected chi connectivity index (χ3v) is 5.59. The quantitative estimate of drug-likeness (QED) is 0.943. The van der Waals surface area contributed by atoms with Crippen molar-refractivity contribution in [3.63, 3.8) is 0 Å². The molecular weight excluding hydrogens is 286 g/mol. The molecule has 21 heavy (non-hydrogen) atoms. The number of nitrogens with zero attached hydrogens (tertiary/aromatic N) is 2. The Morgan fingerprint density at radius 1 is 1.33 bits per heavy atom. The Morgan fingerprint density at radius 2 is 2.10 bits per heavy atom. The molecule has 1 aromatic carbocycles. The Kier molecular flexibility index (Phi) is 3.82. The number of nitrogens with one attached hydrogen (secondary N) is 1. The number of methoxy groups -OCH3 is 1. The summed E-state index contributed by atoms with van der Waals surface area (Å²) in [5, 5.41) is 1.12. The smallest absolute Gasteiger partial charge is 0.121 e. The molecule has 1 aliphatic heterocycles. The highest BCUT2D eigenvalue weighted by Gasteiger charge is 2.19. The number of pyridine rings is 1. The van der Waals surface area contributed by atoms with Gasteiger partial charge in [-0.2, -0.15) is 0 Å². The van der Waals surface area contributed by atoms with Gasteiger partial charge in [-0.1, -0.05) is 0 Å². The zero-order chi connectivity index (χ0) is 14.9.